The molecule has 5 heteroatoms. The summed E-state index contributed by atoms with van der Waals surface area (Å²) in [5.74, 6) is 0.889. The maximum atomic E-state index is 12.6. The van der Waals surface area contributed by atoms with Crippen LogP contribution in [0.15, 0.2) is 42.5 Å². The second-order valence-electron chi connectivity index (χ2n) is 7.33. The van der Waals surface area contributed by atoms with Gasteiger partial charge in [-0.05, 0) is 63.1 Å². The number of para-hydroxylation sites is 1. The summed E-state index contributed by atoms with van der Waals surface area (Å²) in [6.07, 6.45) is 0.176. The van der Waals surface area contributed by atoms with E-state index in [9.17, 15) is 4.79 Å². The highest BCUT2D eigenvalue weighted by Crippen LogP contribution is 2.23. The van der Waals surface area contributed by atoms with Crippen molar-refractivity contribution in [2.24, 2.45) is 0 Å². The zero-order valence-corrected chi connectivity index (χ0v) is 16.7. The first kappa shape index (κ1) is 19.1. The monoisotopic (exact) mass is 367 g/mol. The molecule has 3 rings (SSSR count). The lowest BCUT2D eigenvalue weighted by Gasteiger charge is -2.36. The molecule has 0 unspecified atom stereocenters. The van der Waals surface area contributed by atoms with Crippen LogP contribution in [-0.2, 0) is 0 Å². The van der Waals surface area contributed by atoms with Crippen molar-refractivity contribution in [1.82, 2.24) is 4.90 Å². The molecule has 1 heterocycles. The van der Waals surface area contributed by atoms with E-state index in [2.05, 4.69) is 22.3 Å². The van der Waals surface area contributed by atoms with Gasteiger partial charge in [0, 0.05) is 37.6 Å². The van der Waals surface area contributed by atoms with Gasteiger partial charge in [-0.15, -0.1) is 0 Å². The number of ether oxygens (including phenoxy) is 1. The van der Waals surface area contributed by atoms with Crippen LogP contribution in [0.25, 0.3) is 0 Å². The minimum Gasteiger partial charge on any atom is -0.491 e. The van der Waals surface area contributed by atoms with Crippen molar-refractivity contribution >= 4 is 17.4 Å². The Morgan fingerprint density at radius 1 is 0.963 bits per heavy atom. The van der Waals surface area contributed by atoms with Crippen molar-refractivity contribution in [2.45, 2.75) is 33.8 Å². The largest absolute Gasteiger partial charge is 0.491 e. The van der Waals surface area contributed by atoms with E-state index in [1.165, 1.54) is 5.69 Å². The quantitative estimate of drug-likeness (QED) is 0.869. The molecular weight excluding hydrogens is 338 g/mol. The molecule has 0 aliphatic carbocycles. The van der Waals surface area contributed by atoms with Crippen LogP contribution in [0.1, 0.15) is 25.0 Å². The maximum absolute atomic E-state index is 12.6. The number of rotatable bonds is 4. The highest BCUT2D eigenvalue weighted by Gasteiger charge is 2.22. The summed E-state index contributed by atoms with van der Waals surface area (Å²) < 4.78 is 5.70. The zero-order chi connectivity index (χ0) is 19.4. The van der Waals surface area contributed by atoms with Crippen LogP contribution < -0.4 is 15.0 Å². The Morgan fingerprint density at radius 3 is 2.11 bits per heavy atom. The molecule has 144 valence electrons. The Bertz CT molecular complexity index is 758. The summed E-state index contributed by atoms with van der Waals surface area (Å²) in [7, 11) is 0. The molecule has 2 aromatic carbocycles. The smallest absolute Gasteiger partial charge is 0.321 e. The summed E-state index contributed by atoms with van der Waals surface area (Å²) in [4.78, 5) is 16.8. The lowest BCUT2D eigenvalue weighted by Crippen LogP contribution is -2.50. The van der Waals surface area contributed by atoms with Gasteiger partial charge in [-0.3, -0.25) is 0 Å². The molecule has 0 atom stereocenters. The number of nitrogens with zero attached hydrogens (tertiary/aromatic N) is 2. The van der Waals surface area contributed by atoms with Crippen molar-refractivity contribution < 1.29 is 9.53 Å². The fraction of sp³-hybridized carbons (Fsp3) is 0.409. The molecule has 0 spiro atoms. The fourth-order valence-electron chi connectivity index (χ4n) is 3.37. The second kappa shape index (κ2) is 8.33. The molecule has 0 saturated carbocycles. The van der Waals surface area contributed by atoms with Crippen molar-refractivity contribution in [1.29, 1.82) is 0 Å². The molecular formula is C22H29N3O2. The number of carbonyl (C=O) groups excluding carboxylic acids is 1. The molecule has 5 nitrogen and oxygen atoms in total. The van der Waals surface area contributed by atoms with Gasteiger partial charge in [0.25, 0.3) is 0 Å². The predicted molar refractivity (Wildman–Crippen MR) is 111 cm³/mol. The van der Waals surface area contributed by atoms with Crippen molar-refractivity contribution in [3.63, 3.8) is 0 Å². The Balaban J connectivity index is 1.56. The van der Waals surface area contributed by atoms with Crippen molar-refractivity contribution in [3.05, 3.63) is 53.6 Å². The van der Waals surface area contributed by atoms with Gasteiger partial charge >= 0.3 is 6.03 Å². The van der Waals surface area contributed by atoms with E-state index in [0.717, 1.165) is 35.7 Å². The number of urea groups is 1. The van der Waals surface area contributed by atoms with Crippen molar-refractivity contribution in [3.8, 4) is 5.75 Å². The molecule has 27 heavy (non-hydrogen) atoms. The van der Waals surface area contributed by atoms with Crippen LogP contribution >= 0.6 is 0 Å². The number of nitrogens with one attached hydrogen (secondary N) is 1. The number of anilines is 2. The average molecular weight is 367 g/mol. The summed E-state index contributed by atoms with van der Waals surface area (Å²) in [6, 6.07) is 14.2. The van der Waals surface area contributed by atoms with E-state index in [1.807, 2.05) is 62.9 Å². The molecule has 1 fully saturated rings. The van der Waals surface area contributed by atoms with Gasteiger partial charge in [0.2, 0.25) is 0 Å². The highest BCUT2D eigenvalue weighted by atomic mass is 16.5. The average Bonchev–Trinajstić information content (AvgIpc) is 2.65. The summed E-state index contributed by atoms with van der Waals surface area (Å²) >= 11 is 0. The minimum atomic E-state index is -0.0206. The Labute approximate surface area is 161 Å². The molecule has 0 radical (unpaired) electrons. The second-order valence-corrected chi connectivity index (χ2v) is 7.33. The van der Waals surface area contributed by atoms with E-state index in [0.29, 0.717) is 13.1 Å². The van der Waals surface area contributed by atoms with E-state index in [-0.39, 0.29) is 12.1 Å². The summed E-state index contributed by atoms with van der Waals surface area (Å²) in [5, 5.41) is 3.08. The van der Waals surface area contributed by atoms with Crippen LogP contribution in [-0.4, -0.2) is 43.2 Å². The SMILES string of the molecule is Cc1cccc(C)c1NC(=O)N1CCN(c2ccc(OC(C)C)cc2)CC1. The normalized spacial score (nSPS) is 14.4. The summed E-state index contributed by atoms with van der Waals surface area (Å²) in [6.45, 7) is 11.2. The lowest BCUT2D eigenvalue weighted by molar-refractivity contribution is 0.208. The summed E-state index contributed by atoms with van der Waals surface area (Å²) in [5.41, 5.74) is 4.27. The molecule has 1 aliphatic heterocycles. The molecule has 2 amide bonds. The van der Waals surface area contributed by atoms with E-state index < -0.39 is 0 Å². The van der Waals surface area contributed by atoms with Gasteiger partial charge < -0.3 is 19.9 Å². The maximum Gasteiger partial charge on any atom is 0.321 e. The molecule has 1 saturated heterocycles. The van der Waals surface area contributed by atoms with Gasteiger partial charge in [0.1, 0.15) is 5.75 Å². The van der Waals surface area contributed by atoms with Gasteiger partial charge in [0.05, 0.1) is 6.10 Å². The number of amides is 2. The van der Waals surface area contributed by atoms with Crippen LogP contribution in [0.4, 0.5) is 16.2 Å². The first-order chi connectivity index (χ1) is 12.9. The van der Waals surface area contributed by atoms with E-state index in [4.69, 9.17) is 4.74 Å². The molecule has 2 aromatic rings. The Kier molecular flexibility index (Phi) is 5.89. The lowest BCUT2D eigenvalue weighted by atomic mass is 10.1. The molecule has 0 bridgehead atoms. The number of benzene rings is 2. The first-order valence-electron chi connectivity index (χ1n) is 9.58. The first-order valence-corrected chi connectivity index (χ1v) is 9.58. The minimum absolute atomic E-state index is 0.0206. The van der Waals surface area contributed by atoms with Gasteiger partial charge in [-0.2, -0.15) is 0 Å². The third-order valence-electron chi connectivity index (χ3n) is 4.85. The number of piperazine rings is 1. The van der Waals surface area contributed by atoms with Crippen LogP contribution in [0.5, 0.6) is 5.75 Å². The third kappa shape index (κ3) is 4.73. The fourth-order valence-corrected chi connectivity index (χ4v) is 3.37. The zero-order valence-electron chi connectivity index (χ0n) is 16.7. The third-order valence-corrected chi connectivity index (χ3v) is 4.85. The van der Waals surface area contributed by atoms with Gasteiger partial charge in [-0.25, -0.2) is 4.79 Å². The Hall–Kier alpha value is -2.69. The molecule has 0 aromatic heterocycles. The topological polar surface area (TPSA) is 44.8 Å². The highest BCUT2D eigenvalue weighted by molar-refractivity contribution is 5.91. The van der Waals surface area contributed by atoms with Crippen LogP contribution in [0.2, 0.25) is 0 Å². The van der Waals surface area contributed by atoms with E-state index >= 15 is 0 Å². The Morgan fingerprint density at radius 2 is 1.56 bits per heavy atom. The number of carbonyl (C=O) groups is 1. The predicted octanol–water partition coefficient (Wildman–Crippen LogP) is 4.44. The number of aryl methyl sites for hydroxylation is 2. The van der Waals surface area contributed by atoms with Gasteiger partial charge in [-0.1, -0.05) is 18.2 Å². The standard InChI is InChI=1S/C22H29N3O2/c1-16(2)27-20-10-8-19(9-11-20)24-12-14-25(15-13-24)22(26)23-21-17(3)6-5-7-18(21)4/h5-11,16H,12-15H2,1-4H3,(H,23,26). The molecule has 1 N–H and O–H groups in total. The van der Waals surface area contributed by atoms with Crippen LogP contribution in [0.3, 0.4) is 0 Å². The van der Waals surface area contributed by atoms with Gasteiger partial charge in [0.15, 0.2) is 0 Å². The van der Waals surface area contributed by atoms with E-state index in [1.54, 1.807) is 0 Å². The van der Waals surface area contributed by atoms with Crippen LogP contribution in [0, 0.1) is 13.8 Å². The number of hydrogen-bond donors (Lipinski definition) is 1. The molecule has 1 aliphatic rings. The van der Waals surface area contributed by atoms with Crippen molar-refractivity contribution in [2.75, 3.05) is 36.4 Å². The number of hydrogen-bond acceptors (Lipinski definition) is 3.